The highest BCUT2D eigenvalue weighted by Crippen LogP contribution is 2.44. The number of amides is 1. The summed E-state index contributed by atoms with van der Waals surface area (Å²) in [5.41, 5.74) is 1.30. The molecule has 0 spiro atoms. The maximum Gasteiger partial charge on any atom is 0.229 e. The minimum absolute atomic E-state index is 0.122. The Kier molecular flexibility index (Phi) is 3.18. The second-order valence-corrected chi connectivity index (χ2v) is 6.53. The highest BCUT2D eigenvalue weighted by atomic mass is 16.5. The lowest BCUT2D eigenvalue weighted by molar-refractivity contribution is -0.149. The first-order valence-corrected chi connectivity index (χ1v) is 7.90. The van der Waals surface area contributed by atoms with Crippen molar-refractivity contribution in [3.8, 4) is 0 Å². The van der Waals surface area contributed by atoms with E-state index in [1.165, 1.54) is 12.8 Å². The lowest BCUT2D eigenvalue weighted by atomic mass is 9.92. The number of para-hydroxylation sites is 1. The van der Waals surface area contributed by atoms with Gasteiger partial charge in [0.25, 0.3) is 0 Å². The first-order valence-electron chi connectivity index (χ1n) is 7.90. The smallest absolute Gasteiger partial charge is 0.229 e. The third-order valence-corrected chi connectivity index (χ3v) is 5.00. The zero-order valence-corrected chi connectivity index (χ0v) is 12.7. The number of hydrogen-bond donors (Lipinski definition) is 0. The minimum atomic E-state index is -0.158. The van der Waals surface area contributed by atoms with Gasteiger partial charge in [-0.05, 0) is 37.8 Å². The molecule has 1 atom stereocenters. The number of carbonyl (C=O) groups is 1. The van der Waals surface area contributed by atoms with Crippen molar-refractivity contribution in [3.63, 3.8) is 0 Å². The fourth-order valence-corrected chi connectivity index (χ4v) is 3.53. The van der Waals surface area contributed by atoms with Gasteiger partial charge in [-0.1, -0.05) is 17.3 Å². The third-order valence-electron chi connectivity index (χ3n) is 5.00. The zero-order valence-electron chi connectivity index (χ0n) is 12.7. The van der Waals surface area contributed by atoms with Gasteiger partial charge in [-0.2, -0.15) is 0 Å². The molecule has 2 heterocycles. The van der Waals surface area contributed by atoms with Crippen molar-refractivity contribution in [1.29, 1.82) is 0 Å². The van der Waals surface area contributed by atoms with Crippen molar-refractivity contribution < 1.29 is 14.1 Å². The molecule has 1 aromatic carbocycles. The van der Waals surface area contributed by atoms with Gasteiger partial charge in [-0.3, -0.25) is 4.79 Å². The van der Waals surface area contributed by atoms with Crippen molar-refractivity contribution >= 4 is 16.9 Å². The maximum atomic E-state index is 12.8. The van der Waals surface area contributed by atoms with E-state index in [-0.39, 0.29) is 11.4 Å². The number of ether oxygens (including phenoxy) is 1. The van der Waals surface area contributed by atoms with E-state index in [4.69, 9.17) is 9.26 Å². The number of carbonyl (C=O) groups excluding carboxylic acids is 1. The van der Waals surface area contributed by atoms with E-state index in [9.17, 15) is 4.79 Å². The molecule has 1 aromatic heterocycles. The summed E-state index contributed by atoms with van der Waals surface area (Å²) in [7, 11) is 0. The van der Waals surface area contributed by atoms with Crippen molar-refractivity contribution in [2.24, 2.45) is 5.92 Å². The molecule has 22 heavy (non-hydrogen) atoms. The zero-order chi connectivity index (χ0) is 15.2. The van der Waals surface area contributed by atoms with Crippen LogP contribution < -0.4 is 0 Å². The Morgan fingerprint density at radius 2 is 2.23 bits per heavy atom. The lowest BCUT2D eigenvalue weighted by Crippen LogP contribution is -2.59. The van der Waals surface area contributed by atoms with E-state index in [2.05, 4.69) is 12.1 Å². The summed E-state index contributed by atoms with van der Waals surface area (Å²) in [6.45, 7) is 4.08. The molecule has 1 saturated heterocycles. The van der Waals surface area contributed by atoms with Gasteiger partial charge in [0, 0.05) is 11.9 Å². The molecule has 1 aliphatic heterocycles. The maximum absolute atomic E-state index is 12.8. The summed E-state index contributed by atoms with van der Waals surface area (Å²) in [4.78, 5) is 14.9. The van der Waals surface area contributed by atoms with Gasteiger partial charge < -0.3 is 14.2 Å². The van der Waals surface area contributed by atoms with Crippen molar-refractivity contribution in [2.45, 2.75) is 31.7 Å². The molecule has 1 unspecified atom stereocenters. The van der Waals surface area contributed by atoms with E-state index in [1.54, 1.807) is 0 Å². The number of fused-ring (bicyclic) bond motifs is 1. The second kappa shape index (κ2) is 5.09. The van der Waals surface area contributed by atoms with Crippen LogP contribution in [0.25, 0.3) is 11.0 Å². The largest absolute Gasteiger partial charge is 0.377 e. The molecule has 116 valence electrons. The van der Waals surface area contributed by atoms with Gasteiger partial charge in [0.1, 0.15) is 5.69 Å². The molecular formula is C17H20N2O3. The van der Waals surface area contributed by atoms with Crippen molar-refractivity contribution in [2.75, 3.05) is 19.8 Å². The normalized spacial score (nSPS) is 25.6. The Morgan fingerprint density at radius 1 is 1.41 bits per heavy atom. The standard InChI is InChI=1S/C17H20N2O3/c1-17(12-6-7-12)11-21-9-8-19(17)16(20)10-14-13-4-2-3-5-15(13)22-18-14/h2-5,12H,6-11H2,1H3. The summed E-state index contributed by atoms with van der Waals surface area (Å²) in [5.74, 6) is 0.697. The summed E-state index contributed by atoms with van der Waals surface area (Å²) in [6, 6.07) is 7.68. The van der Waals surface area contributed by atoms with Crippen LogP contribution in [0.5, 0.6) is 0 Å². The van der Waals surface area contributed by atoms with Gasteiger partial charge in [0.2, 0.25) is 5.91 Å². The quantitative estimate of drug-likeness (QED) is 0.873. The Balaban J connectivity index is 1.58. The van der Waals surface area contributed by atoms with Crippen LogP contribution in [0.3, 0.4) is 0 Å². The average molecular weight is 300 g/mol. The van der Waals surface area contributed by atoms with Crippen LogP contribution in [-0.2, 0) is 16.0 Å². The molecule has 2 fully saturated rings. The molecular weight excluding hydrogens is 280 g/mol. The molecule has 2 aromatic rings. The molecule has 1 amide bonds. The summed E-state index contributed by atoms with van der Waals surface area (Å²) < 4.78 is 10.9. The van der Waals surface area contributed by atoms with Crippen molar-refractivity contribution in [1.82, 2.24) is 10.1 Å². The summed E-state index contributed by atoms with van der Waals surface area (Å²) in [5, 5.41) is 5.01. The number of nitrogens with zero attached hydrogens (tertiary/aromatic N) is 2. The van der Waals surface area contributed by atoms with Crippen LogP contribution in [0, 0.1) is 5.92 Å². The molecule has 0 bridgehead atoms. The first-order chi connectivity index (χ1) is 10.7. The van der Waals surface area contributed by atoms with E-state index < -0.39 is 0 Å². The Morgan fingerprint density at radius 3 is 3.05 bits per heavy atom. The van der Waals surface area contributed by atoms with Gasteiger partial charge >= 0.3 is 0 Å². The number of morpholine rings is 1. The molecule has 0 N–H and O–H groups in total. The van der Waals surface area contributed by atoms with E-state index >= 15 is 0 Å². The number of benzene rings is 1. The summed E-state index contributed by atoms with van der Waals surface area (Å²) in [6.07, 6.45) is 2.67. The monoisotopic (exact) mass is 300 g/mol. The predicted octanol–water partition coefficient (Wildman–Crippen LogP) is 2.40. The molecule has 5 nitrogen and oxygen atoms in total. The Labute approximate surface area is 129 Å². The highest BCUT2D eigenvalue weighted by Gasteiger charge is 2.49. The van der Waals surface area contributed by atoms with Crippen LogP contribution >= 0.6 is 0 Å². The summed E-state index contributed by atoms with van der Waals surface area (Å²) >= 11 is 0. The second-order valence-electron chi connectivity index (χ2n) is 6.53. The van der Waals surface area contributed by atoms with Gasteiger partial charge in [-0.15, -0.1) is 0 Å². The topological polar surface area (TPSA) is 55.6 Å². The SMILES string of the molecule is CC1(C2CC2)COCCN1C(=O)Cc1noc2ccccc12. The molecule has 4 rings (SSSR count). The number of aromatic nitrogens is 1. The Bertz CT molecular complexity index is 707. The first kappa shape index (κ1) is 13.8. The number of rotatable bonds is 3. The molecule has 5 heteroatoms. The van der Waals surface area contributed by atoms with E-state index in [0.29, 0.717) is 32.1 Å². The average Bonchev–Trinajstić information content (AvgIpc) is 3.32. The fourth-order valence-electron chi connectivity index (χ4n) is 3.53. The third kappa shape index (κ3) is 2.20. The molecule has 2 aliphatic rings. The van der Waals surface area contributed by atoms with Crippen LogP contribution in [-0.4, -0.2) is 41.3 Å². The van der Waals surface area contributed by atoms with E-state index in [1.807, 2.05) is 29.2 Å². The predicted molar refractivity (Wildman–Crippen MR) is 81.4 cm³/mol. The molecule has 1 saturated carbocycles. The Hall–Kier alpha value is -1.88. The lowest BCUT2D eigenvalue weighted by Gasteiger charge is -2.45. The van der Waals surface area contributed by atoms with Crippen LogP contribution in [0.2, 0.25) is 0 Å². The van der Waals surface area contributed by atoms with Gasteiger partial charge in [-0.25, -0.2) is 0 Å². The highest BCUT2D eigenvalue weighted by molar-refractivity contribution is 5.86. The van der Waals surface area contributed by atoms with E-state index in [0.717, 1.165) is 16.7 Å². The van der Waals surface area contributed by atoms with Crippen LogP contribution in [0.4, 0.5) is 0 Å². The fraction of sp³-hybridized carbons (Fsp3) is 0.529. The minimum Gasteiger partial charge on any atom is -0.377 e. The van der Waals surface area contributed by atoms with Crippen LogP contribution in [0.15, 0.2) is 28.8 Å². The van der Waals surface area contributed by atoms with Gasteiger partial charge in [0.15, 0.2) is 5.58 Å². The van der Waals surface area contributed by atoms with Gasteiger partial charge in [0.05, 0.1) is 25.2 Å². The molecule has 0 radical (unpaired) electrons. The number of hydrogen-bond acceptors (Lipinski definition) is 4. The molecule has 1 aliphatic carbocycles. The van der Waals surface area contributed by atoms with Crippen LogP contribution in [0.1, 0.15) is 25.5 Å². The van der Waals surface area contributed by atoms with Crippen molar-refractivity contribution in [3.05, 3.63) is 30.0 Å².